The number of aromatic nitrogens is 2. The predicted molar refractivity (Wildman–Crippen MR) is 115 cm³/mol. The van der Waals surface area contributed by atoms with E-state index in [-0.39, 0.29) is 22.6 Å². The highest BCUT2D eigenvalue weighted by molar-refractivity contribution is 9.10. The van der Waals surface area contributed by atoms with E-state index in [4.69, 9.17) is 11.6 Å². The van der Waals surface area contributed by atoms with Gasteiger partial charge in [0.2, 0.25) is 0 Å². The van der Waals surface area contributed by atoms with Gasteiger partial charge >= 0.3 is 6.18 Å². The second-order valence-corrected chi connectivity index (χ2v) is 9.13. The summed E-state index contributed by atoms with van der Waals surface area (Å²) in [6.45, 7) is 4.53. The number of rotatable bonds is 6. The lowest BCUT2D eigenvalue weighted by Crippen LogP contribution is -2.58. The fourth-order valence-electron chi connectivity index (χ4n) is 4.08. The van der Waals surface area contributed by atoms with E-state index in [1.54, 1.807) is 18.5 Å². The van der Waals surface area contributed by atoms with Crippen LogP contribution in [0.4, 0.5) is 13.2 Å². The number of benzene rings is 1. The van der Waals surface area contributed by atoms with Gasteiger partial charge in [0.25, 0.3) is 0 Å². The highest BCUT2D eigenvalue weighted by Gasteiger charge is 2.41. The minimum atomic E-state index is -4.42. The van der Waals surface area contributed by atoms with Crippen LogP contribution in [0.25, 0.3) is 0 Å². The Morgan fingerprint density at radius 2 is 1.93 bits per heavy atom. The molecule has 0 bridgehead atoms. The van der Waals surface area contributed by atoms with Crippen LogP contribution in [0.3, 0.4) is 0 Å². The SMILES string of the molecule is CC[C@@H]1C[C@@H](NCc2cc(Cl)cc(C(F)(F)F)c2)C[C@@](CC)(c2ncc(Br)cn2)N1. The average Bonchev–Trinajstić information content (AvgIpc) is 2.71. The number of alkyl halides is 3. The van der Waals surface area contributed by atoms with Crippen LogP contribution in [-0.2, 0) is 18.3 Å². The summed E-state index contributed by atoms with van der Waals surface area (Å²) in [7, 11) is 0. The van der Waals surface area contributed by atoms with Crippen LogP contribution >= 0.6 is 27.5 Å². The monoisotopic (exact) mass is 504 g/mol. The summed E-state index contributed by atoms with van der Waals surface area (Å²) in [6, 6.07) is 4.05. The molecule has 1 aromatic heterocycles. The number of nitrogens with zero attached hydrogens (tertiary/aromatic N) is 2. The van der Waals surface area contributed by atoms with Gasteiger partial charge in [-0.1, -0.05) is 25.4 Å². The van der Waals surface area contributed by atoms with Crippen LogP contribution in [0.1, 0.15) is 56.5 Å². The van der Waals surface area contributed by atoms with Gasteiger partial charge < -0.3 is 10.6 Å². The first-order chi connectivity index (χ1) is 14.1. The molecular formula is C21H25BrClF3N4. The maximum absolute atomic E-state index is 13.1. The van der Waals surface area contributed by atoms with Gasteiger partial charge in [-0.15, -0.1) is 0 Å². The van der Waals surface area contributed by atoms with Gasteiger partial charge in [0.1, 0.15) is 5.82 Å². The lowest BCUT2D eigenvalue weighted by atomic mass is 9.79. The van der Waals surface area contributed by atoms with E-state index in [2.05, 4.69) is 50.4 Å². The van der Waals surface area contributed by atoms with Crippen LogP contribution < -0.4 is 10.6 Å². The topological polar surface area (TPSA) is 49.8 Å². The second-order valence-electron chi connectivity index (χ2n) is 7.77. The summed E-state index contributed by atoms with van der Waals surface area (Å²) >= 11 is 9.30. The molecular weight excluding hydrogens is 481 g/mol. The van der Waals surface area contributed by atoms with Crippen LogP contribution in [0, 0.1) is 0 Å². The third-order valence-electron chi connectivity index (χ3n) is 5.67. The van der Waals surface area contributed by atoms with Crippen molar-refractivity contribution >= 4 is 27.5 Å². The first kappa shape index (κ1) is 23.4. The molecule has 1 aliphatic rings. The number of hydrogen-bond acceptors (Lipinski definition) is 4. The van der Waals surface area contributed by atoms with Crippen molar-refractivity contribution in [3.05, 3.63) is 57.0 Å². The molecule has 9 heteroatoms. The number of halogens is 5. The molecule has 0 amide bonds. The molecule has 0 saturated carbocycles. The van der Waals surface area contributed by atoms with Crippen molar-refractivity contribution in [3.8, 4) is 0 Å². The van der Waals surface area contributed by atoms with Crippen LogP contribution in [-0.4, -0.2) is 22.1 Å². The molecule has 1 aliphatic heterocycles. The Morgan fingerprint density at radius 1 is 1.23 bits per heavy atom. The standard InChI is InChI=1S/C21H25BrClF3N4/c1-3-17-8-18(9-20(4-2,30-17)19-28-11-15(22)12-29-19)27-10-13-5-14(21(24,25)26)7-16(23)6-13/h5-7,11-12,17-18,27,30H,3-4,8-10H2,1-2H3/t17-,18-,20+/m1/s1. The Labute approximate surface area is 188 Å². The maximum Gasteiger partial charge on any atom is 0.416 e. The van der Waals surface area contributed by atoms with Crippen LogP contribution in [0.15, 0.2) is 35.1 Å². The molecule has 1 fully saturated rings. The Bertz CT molecular complexity index is 862. The molecule has 2 heterocycles. The molecule has 30 heavy (non-hydrogen) atoms. The number of nitrogens with one attached hydrogen (secondary N) is 2. The van der Waals surface area contributed by atoms with Crippen molar-refractivity contribution in [3.63, 3.8) is 0 Å². The largest absolute Gasteiger partial charge is 0.416 e. The molecule has 0 radical (unpaired) electrons. The van der Waals surface area contributed by atoms with E-state index in [0.29, 0.717) is 12.1 Å². The van der Waals surface area contributed by atoms with E-state index >= 15 is 0 Å². The molecule has 164 valence electrons. The van der Waals surface area contributed by atoms with Crippen molar-refractivity contribution in [1.82, 2.24) is 20.6 Å². The molecule has 3 rings (SSSR count). The van der Waals surface area contributed by atoms with E-state index in [1.165, 1.54) is 0 Å². The third-order valence-corrected chi connectivity index (χ3v) is 6.30. The summed E-state index contributed by atoms with van der Waals surface area (Å²) in [4.78, 5) is 9.05. The number of hydrogen-bond donors (Lipinski definition) is 2. The van der Waals surface area contributed by atoms with E-state index in [9.17, 15) is 13.2 Å². The summed E-state index contributed by atoms with van der Waals surface area (Å²) < 4.78 is 40.1. The molecule has 0 spiro atoms. The van der Waals surface area contributed by atoms with Gasteiger partial charge in [-0.05, 0) is 65.4 Å². The average molecular weight is 506 g/mol. The first-order valence-electron chi connectivity index (χ1n) is 10.0. The molecule has 0 aliphatic carbocycles. The first-order valence-corrected chi connectivity index (χ1v) is 11.2. The van der Waals surface area contributed by atoms with Crippen molar-refractivity contribution in [1.29, 1.82) is 0 Å². The number of piperidine rings is 1. The summed E-state index contributed by atoms with van der Waals surface area (Å²) in [5.74, 6) is 0.736. The van der Waals surface area contributed by atoms with Gasteiger partial charge in [0.15, 0.2) is 0 Å². The normalized spacial score (nSPS) is 24.8. The Hall–Kier alpha value is -1.22. The van der Waals surface area contributed by atoms with Crippen molar-refractivity contribution < 1.29 is 13.2 Å². The zero-order valence-corrected chi connectivity index (χ0v) is 19.2. The molecule has 2 aromatic rings. The maximum atomic E-state index is 13.1. The van der Waals surface area contributed by atoms with Gasteiger partial charge in [-0.2, -0.15) is 13.2 Å². The van der Waals surface area contributed by atoms with Crippen molar-refractivity contribution in [2.75, 3.05) is 0 Å². The fourth-order valence-corrected chi connectivity index (χ4v) is 4.54. The highest BCUT2D eigenvalue weighted by Crippen LogP contribution is 2.35. The molecule has 1 saturated heterocycles. The minimum absolute atomic E-state index is 0.0875. The van der Waals surface area contributed by atoms with E-state index in [0.717, 1.165) is 48.1 Å². The Balaban J connectivity index is 1.79. The van der Waals surface area contributed by atoms with Crippen LogP contribution in [0.2, 0.25) is 5.02 Å². The molecule has 0 unspecified atom stereocenters. The zero-order valence-electron chi connectivity index (χ0n) is 16.9. The summed E-state index contributed by atoms with van der Waals surface area (Å²) in [5, 5.41) is 7.25. The van der Waals surface area contributed by atoms with Gasteiger partial charge in [-0.3, -0.25) is 0 Å². The smallest absolute Gasteiger partial charge is 0.310 e. The van der Waals surface area contributed by atoms with Gasteiger partial charge in [0.05, 0.1) is 15.6 Å². The van der Waals surface area contributed by atoms with Crippen LogP contribution in [0.5, 0.6) is 0 Å². The minimum Gasteiger partial charge on any atom is -0.310 e. The molecule has 2 N–H and O–H groups in total. The Kier molecular flexibility index (Phi) is 7.43. The fraction of sp³-hybridized carbons (Fsp3) is 0.524. The van der Waals surface area contributed by atoms with E-state index in [1.807, 2.05) is 0 Å². The molecule has 4 nitrogen and oxygen atoms in total. The quantitative estimate of drug-likeness (QED) is 0.518. The van der Waals surface area contributed by atoms with E-state index < -0.39 is 11.7 Å². The lowest BCUT2D eigenvalue weighted by Gasteiger charge is -2.44. The highest BCUT2D eigenvalue weighted by atomic mass is 79.9. The second kappa shape index (κ2) is 9.51. The van der Waals surface area contributed by atoms with Gasteiger partial charge in [-0.25, -0.2) is 9.97 Å². The molecule has 3 atom stereocenters. The summed E-state index contributed by atoms with van der Waals surface area (Å²) in [6.07, 6.45) is 2.42. The summed E-state index contributed by atoms with van der Waals surface area (Å²) in [5.41, 5.74) is -0.596. The molecule has 1 aromatic carbocycles. The predicted octanol–water partition coefficient (Wildman–Crippen LogP) is 5.84. The Morgan fingerprint density at radius 3 is 2.53 bits per heavy atom. The lowest BCUT2D eigenvalue weighted by molar-refractivity contribution is -0.137. The zero-order chi connectivity index (χ0) is 21.9. The third kappa shape index (κ3) is 5.52. The van der Waals surface area contributed by atoms with Crippen molar-refractivity contribution in [2.24, 2.45) is 0 Å². The van der Waals surface area contributed by atoms with Crippen molar-refractivity contribution in [2.45, 2.75) is 69.9 Å². The van der Waals surface area contributed by atoms with Gasteiger partial charge in [0, 0.05) is 36.0 Å².